The quantitative estimate of drug-likeness (QED) is 0.513. The van der Waals surface area contributed by atoms with Gasteiger partial charge in [0, 0.05) is 9.13 Å². The Hall–Kier alpha value is -2.54. The smallest absolute Gasteiger partial charge is 0.230 e. The Labute approximate surface area is 172 Å². The zero-order valence-corrected chi connectivity index (χ0v) is 17.4. The number of hydrogen-bond acceptors (Lipinski definition) is 3. The minimum Gasteiger partial charge on any atom is -0.309 e. The fraction of sp³-hybridized carbons (Fsp3) is 0.136. The van der Waals surface area contributed by atoms with Gasteiger partial charge >= 0.3 is 0 Å². The first kappa shape index (κ1) is 19.2. The highest BCUT2D eigenvalue weighted by Gasteiger charge is 2.11. The van der Waals surface area contributed by atoms with Crippen molar-refractivity contribution in [2.24, 2.45) is 0 Å². The number of rotatable bonds is 5. The maximum Gasteiger partial charge on any atom is 0.230 e. The predicted octanol–water partition coefficient (Wildman–Crippen LogP) is 5.35. The maximum atomic E-state index is 12.5. The second-order valence-corrected chi connectivity index (χ2v) is 7.67. The number of nitrogens with zero attached hydrogens (tertiary/aromatic N) is 2. The van der Waals surface area contributed by atoms with E-state index >= 15 is 0 Å². The standard InChI is InChI=1S/C22H20IN3O/c1-15(2)12-19-22(24-14-20(25-19)17-6-4-3-5-7-17)26-21(27)13-16-8-10-18(23)11-9-16/h3-12,14H,13H2,1-2H3,(H,24,26,27). The van der Waals surface area contributed by atoms with E-state index in [2.05, 4.69) is 32.9 Å². The average Bonchev–Trinajstić information content (AvgIpc) is 2.65. The molecule has 0 saturated carbocycles. The predicted molar refractivity (Wildman–Crippen MR) is 118 cm³/mol. The zero-order valence-electron chi connectivity index (χ0n) is 15.2. The van der Waals surface area contributed by atoms with Crippen molar-refractivity contribution in [1.29, 1.82) is 0 Å². The third-order valence-corrected chi connectivity index (χ3v) is 4.55. The molecule has 0 unspecified atom stereocenters. The second-order valence-electron chi connectivity index (χ2n) is 6.43. The minimum atomic E-state index is -0.110. The summed E-state index contributed by atoms with van der Waals surface area (Å²) in [5.41, 5.74) is 4.48. The lowest BCUT2D eigenvalue weighted by Gasteiger charge is -2.10. The Kier molecular flexibility index (Phi) is 6.34. The van der Waals surface area contributed by atoms with Gasteiger partial charge in [0.1, 0.15) is 5.69 Å². The van der Waals surface area contributed by atoms with Crippen molar-refractivity contribution >= 4 is 40.4 Å². The first-order valence-corrected chi connectivity index (χ1v) is 9.71. The summed E-state index contributed by atoms with van der Waals surface area (Å²) in [4.78, 5) is 21.6. The number of amides is 1. The van der Waals surface area contributed by atoms with Crippen molar-refractivity contribution in [2.45, 2.75) is 20.3 Å². The number of allylic oxidation sites excluding steroid dienone is 1. The van der Waals surface area contributed by atoms with E-state index in [4.69, 9.17) is 4.98 Å². The van der Waals surface area contributed by atoms with Gasteiger partial charge in [0.2, 0.25) is 5.91 Å². The van der Waals surface area contributed by atoms with E-state index < -0.39 is 0 Å². The molecule has 1 N–H and O–H groups in total. The van der Waals surface area contributed by atoms with E-state index in [1.807, 2.05) is 74.5 Å². The van der Waals surface area contributed by atoms with E-state index in [1.54, 1.807) is 6.20 Å². The van der Waals surface area contributed by atoms with Gasteiger partial charge in [-0.2, -0.15) is 0 Å². The Bertz CT molecular complexity index is 963. The molecule has 136 valence electrons. The molecule has 0 bridgehead atoms. The fourth-order valence-electron chi connectivity index (χ4n) is 2.59. The topological polar surface area (TPSA) is 54.9 Å². The molecule has 3 rings (SSSR count). The van der Waals surface area contributed by atoms with Crippen LogP contribution in [0, 0.1) is 3.57 Å². The Morgan fingerprint density at radius 3 is 2.44 bits per heavy atom. The summed E-state index contributed by atoms with van der Waals surface area (Å²) in [5, 5.41) is 2.90. The largest absolute Gasteiger partial charge is 0.309 e. The van der Waals surface area contributed by atoms with Crippen molar-refractivity contribution in [1.82, 2.24) is 9.97 Å². The van der Waals surface area contributed by atoms with Crippen LogP contribution in [0.3, 0.4) is 0 Å². The summed E-state index contributed by atoms with van der Waals surface area (Å²) in [5.74, 6) is 0.368. The molecule has 0 saturated heterocycles. The maximum absolute atomic E-state index is 12.5. The van der Waals surface area contributed by atoms with Gasteiger partial charge in [-0.05, 0) is 60.2 Å². The molecule has 0 aliphatic carbocycles. The molecule has 1 amide bonds. The molecule has 2 aromatic carbocycles. The molecule has 0 radical (unpaired) electrons. The highest BCUT2D eigenvalue weighted by atomic mass is 127. The van der Waals surface area contributed by atoms with Crippen LogP contribution in [0.1, 0.15) is 25.1 Å². The van der Waals surface area contributed by atoms with Crippen LogP contribution in [0.4, 0.5) is 5.82 Å². The summed E-state index contributed by atoms with van der Waals surface area (Å²) >= 11 is 2.25. The SMILES string of the molecule is CC(C)=Cc1nc(-c2ccccc2)cnc1NC(=O)Cc1ccc(I)cc1. The lowest BCUT2D eigenvalue weighted by Crippen LogP contribution is -2.16. The van der Waals surface area contributed by atoms with E-state index in [1.165, 1.54) is 0 Å². The molecule has 0 atom stereocenters. The van der Waals surface area contributed by atoms with E-state index in [-0.39, 0.29) is 5.91 Å². The van der Waals surface area contributed by atoms with Crippen LogP contribution < -0.4 is 5.32 Å². The highest BCUT2D eigenvalue weighted by Crippen LogP contribution is 2.21. The van der Waals surface area contributed by atoms with Crippen molar-refractivity contribution in [3.05, 3.63) is 81.2 Å². The fourth-order valence-corrected chi connectivity index (χ4v) is 2.95. The summed E-state index contributed by atoms with van der Waals surface area (Å²) < 4.78 is 1.14. The van der Waals surface area contributed by atoms with Crippen LogP contribution in [-0.2, 0) is 11.2 Å². The van der Waals surface area contributed by atoms with Crippen molar-refractivity contribution in [2.75, 3.05) is 5.32 Å². The molecule has 3 aromatic rings. The van der Waals surface area contributed by atoms with Gasteiger partial charge in [0.05, 0.1) is 18.3 Å². The molecule has 0 fully saturated rings. The summed E-state index contributed by atoms with van der Waals surface area (Å²) in [6, 6.07) is 17.8. The molecule has 1 heterocycles. The Balaban J connectivity index is 1.84. The molecule has 5 heteroatoms. The van der Waals surface area contributed by atoms with Crippen LogP contribution in [0.5, 0.6) is 0 Å². The molecule has 27 heavy (non-hydrogen) atoms. The minimum absolute atomic E-state index is 0.110. The molecule has 1 aromatic heterocycles. The van der Waals surface area contributed by atoms with Crippen LogP contribution in [0.2, 0.25) is 0 Å². The van der Waals surface area contributed by atoms with Crippen LogP contribution in [-0.4, -0.2) is 15.9 Å². The van der Waals surface area contributed by atoms with Gasteiger partial charge < -0.3 is 5.32 Å². The number of hydrogen-bond donors (Lipinski definition) is 1. The average molecular weight is 469 g/mol. The van der Waals surface area contributed by atoms with Crippen LogP contribution >= 0.6 is 22.6 Å². The van der Waals surface area contributed by atoms with Crippen molar-refractivity contribution in [3.8, 4) is 11.3 Å². The summed E-state index contributed by atoms with van der Waals surface area (Å²) in [6.45, 7) is 3.99. The third kappa shape index (κ3) is 5.47. The Morgan fingerprint density at radius 1 is 1.07 bits per heavy atom. The number of benzene rings is 2. The first-order valence-electron chi connectivity index (χ1n) is 8.63. The number of nitrogens with one attached hydrogen (secondary N) is 1. The molecule has 0 spiro atoms. The van der Waals surface area contributed by atoms with Gasteiger partial charge in [-0.3, -0.25) is 4.79 Å². The molecular weight excluding hydrogens is 449 g/mol. The number of halogens is 1. The van der Waals surface area contributed by atoms with Crippen LogP contribution in [0.15, 0.2) is 66.4 Å². The van der Waals surface area contributed by atoms with Gasteiger partial charge in [0.15, 0.2) is 5.82 Å². The lowest BCUT2D eigenvalue weighted by molar-refractivity contribution is -0.115. The number of aromatic nitrogens is 2. The molecular formula is C22H20IN3O. The first-order chi connectivity index (χ1) is 13.0. The van der Waals surface area contributed by atoms with Gasteiger partial charge in [0.25, 0.3) is 0 Å². The van der Waals surface area contributed by atoms with Crippen molar-refractivity contribution in [3.63, 3.8) is 0 Å². The number of anilines is 1. The van der Waals surface area contributed by atoms with Gasteiger partial charge in [-0.25, -0.2) is 9.97 Å². The summed E-state index contributed by atoms with van der Waals surface area (Å²) in [7, 11) is 0. The Morgan fingerprint density at radius 2 is 1.78 bits per heavy atom. The zero-order chi connectivity index (χ0) is 19.2. The third-order valence-electron chi connectivity index (χ3n) is 3.83. The number of carbonyl (C=O) groups is 1. The highest BCUT2D eigenvalue weighted by molar-refractivity contribution is 14.1. The van der Waals surface area contributed by atoms with Crippen molar-refractivity contribution < 1.29 is 4.79 Å². The molecule has 0 aliphatic heterocycles. The monoisotopic (exact) mass is 469 g/mol. The van der Waals surface area contributed by atoms with Gasteiger partial charge in [-0.1, -0.05) is 48.0 Å². The van der Waals surface area contributed by atoms with E-state index in [0.717, 1.165) is 26.0 Å². The van der Waals surface area contributed by atoms with Gasteiger partial charge in [-0.15, -0.1) is 0 Å². The number of carbonyl (C=O) groups excluding carboxylic acids is 1. The van der Waals surface area contributed by atoms with E-state index in [9.17, 15) is 4.79 Å². The normalized spacial score (nSPS) is 10.3. The second kappa shape index (κ2) is 8.90. The van der Waals surface area contributed by atoms with E-state index in [0.29, 0.717) is 17.9 Å². The molecule has 4 nitrogen and oxygen atoms in total. The molecule has 0 aliphatic rings. The van der Waals surface area contributed by atoms with Crippen LogP contribution in [0.25, 0.3) is 17.3 Å². The summed E-state index contributed by atoms with van der Waals surface area (Å²) in [6.07, 6.45) is 3.92. The lowest BCUT2D eigenvalue weighted by atomic mass is 10.1.